The number of hydrogen-bond acceptors (Lipinski definition) is 2. The minimum absolute atomic E-state index is 0.688. The Morgan fingerprint density at radius 1 is 1.26 bits per heavy atom. The van der Waals surface area contributed by atoms with Gasteiger partial charge in [-0.1, -0.05) is 28.1 Å². The van der Waals surface area contributed by atoms with Crippen LogP contribution < -0.4 is 5.32 Å². The zero-order chi connectivity index (χ0) is 13.1. The summed E-state index contributed by atoms with van der Waals surface area (Å²) in [7, 11) is 0. The highest BCUT2D eigenvalue weighted by Crippen LogP contribution is 2.37. The highest BCUT2D eigenvalue weighted by atomic mass is 79.9. The van der Waals surface area contributed by atoms with Crippen molar-refractivity contribution in [2.75, 3.05) is 19.8 Å². The Kier molecular flexibility index (Phi) is 4.57. The molecule has 0 atom stereocenters. The predicted octanol–water partition coefficient (Wildman–Crippen LogP) is 3.71. The van der Waals surface area contributed by atoms with Gasteiger partial charge < -0.3 is 10.1 Å². The van der Waals surface area contributed by atoms with Crippen LogP contribution in [-0.4, -0.2) is 25.8 Å². The number of rotatable bonds is 7. The number of ether oxygens (including phenoxy) is 1. The molecule has 3 heteroatoms. The second-order valence-corrected chi connectivity index (χ2v) is 6.81. The third kappa shape index (κ3) is 4.04. The van der Waals surface area contributed by atoms with Crippen LogP contribution in [-0.2, 0) is 4.74 Å². The summed E-state index contributed by atoms with van der Waals surface area (Å²) >= 11 is 3.54. The molecule has 0 aliphatic heterocycles. The average molecular weight is 324 g/mol. The van der Waals surface area contributed by atoms with E-state index in [9.17, 15) is 0 Å². The van der Waals surface area contributed by atoms with E-state index < -0.39 is 0 Å². The van der Waals surface area contributed by atoms with Crippen molar-refractivity contribution in [2.45, 2.75) is 37.6 Å². The Balaban J connectivity index is 1.29. The first-order valence-electron chi connectivity index (χ1n) is 7.38. The molecule has 2 fully saturated rings. The molecule has 0 amide bonds. The second kappa shape index (κ2) is 6.38. The molecule has 19 heavy (non-hydrogen) atoms. The second-order valence-electron chi connectivity index (χ2n) is 5.89. The van der Waals surface area contributed by atoms with Gasteiger partial charge in [-0.05, 0) is 55.2 Å². The average Bonchev–Trinajstić information content (AvgIpc) is 3.15. The van der Waals surface area contributed by atoms with Gasteiger partial charge in [0, 0.05) is 23.7 Å². The van der Waals surface area contributed by atoms with Crippen LogP contribution in [0.4, 0.5) is 0 Å². The number of hydrogen-bond donors (Lipinski definition) is 1. The van der Waals surface area contributed by atoms with Gasteiger partial charge in [-0.25, -0.2) is 0 Å². The van der Waals surface area contributed by atoms with Gasteiger partial charge in [-0.15, -0.1) is 0 Å². The fraction of sp³-hybridized carbons (Fsp3) is 0.625. The maximum Gasteiger partial charge on any atom is 0.0591 e. The molecule has 0 bridgehead atoms. The van der Waals surface area contributed by atoms with Crippen molar-refractivity contribution in [3.8, 4) is 0 Å². The molecule has 2 nitrogen and oxygen atoms in total. The van der Waals surface area contributed by atoms with Gasteiger partial charge in [-0.3, -0.25) is 0 Å². The highest BCUT2D eigenvalue weighted by molar-refractivity contribution is 9.10. The van der Waals surface area contributed by atoms with Gasteiger partial charge in [0.05, 0.1) is 6.61 Å². The summed E-state index contributed by atoms with van der Waals surface area (Å²) in [6, 6.07) is 9.40. The molecule has 0 saturated heterocycles. The molecule has 0 aromatic heterocycles. The summed E-state index contributed by atoms with van der Waals surface area (Å²) in [5.74, 6) is 1.62. The van der Waals surface area contributed by atoms with E-state index in [0.29, 0.717) is 6.04 Å². The van der Waals surface area contributed by atoms with Crippen LogP contribution in [0.5, 0.6) is 0 Å². The number of nitrogens with one attached hydrogen (secondary N) is 1. The van der Waals surface area contributed by atoms with Crippen molar-refractivity contribution in [1.29, 1.82) is 0 Å². The smallest absolute Gasteiger partial charge is 0.0591 e. The first-order chi connectivity index (χ1) is 9.31. The largest absolute Gasteiger partial charge is 0.380 e. The van der Waals surface area contributed by atoms with Gasteiger partial charge >= 0.3 is 0 Å². The van der Waals surface area contributed by atoms with Gasteiger partial charge in [0.15, 0.2) is 0 Å². The van der Waals surface area contributed by atoms with E-state index >= 15 is 0 Å². The van der Waals surface area contributed by atoms with Crippen LogP contribution in [0, 0.1) is 5.92 Å². The van der Waals surface area contributed by atoms with Crippen LogP contribution in [0.3, 0.4) is 0 Å². The van der Waals surface area contributed by atoms with Gasteiger partial charge in [-0.2, -0.15) is 0 Å². The van der Waals surface area contributed by atoms with E-state index in [4.69, 9.17) is 4.74 Å². The Labute approximate surface area is 124 Å². The first-order valence-corrected chi connectivity index (χ1v) is 8.17. The van der Waals surface area contributed by atoms with Crippen molar-refractivity contribution in [3.05, 3.63) is 34.3 Å². The topological polar surface area (TPSA) is 21.3 Å². The van der Waals surface area contributed by atoms with E-state index in [2.05, 4.69) is 45.5 Å². The van der Waals surface area contributed by atoms with Crippen molar-refractivity contribution in [3.63, 3.8) is 0 Å². The Morgan fingerprint density at radius 2 is 2.11 bits per heavy atom. The molecule has 0 unspecified atom stereocenters. The molecule has 104 valence electrons. The summed E-state index contributed by atoms with van der Waals surface area (Å²) in [5, 5.41) is 3.59. The van der Waals surface area contributed by atoms with Gasteiger partial charge in [0.2, 0.25) is 0 Å². The van der Waals surface area contributed by atoms with E-state index in [1.54, 1.807) is 0 Å². The van der Waals surface area contributed by atoms with Crippen LogP contribution >= 0.6 is 15.9 Å². The molecular formula is C16H22BrNO. The maximum atomic E-state index is 5.64. The molecule has 1 aromatic carbocycles. The van der Waals surface area contributed by atoms with E-state index in [0.717, 1.165) is 31.6 Å². The van der Waals surface area contributed by atoms with Crippen molar-refractivity contribution in [1.82, 2.24) is 5.32 Å². The zero-order valence-corrected chi connectivity index (χ0v) is 12.9. The fourth-order valence-corrected chi connectivity index (χ4v) is 3.10. The van der Waals surface area contributed by atoms with Gasteiger partial charge in [0.25, 0.3) is 0 Å². The fourth-order valence-electron chi connectivity index (χ4n) is 2.69. The molecule has 1 aromatic rings. The monoisotopic (exact) mass is 323 g/mol. The summed E-state index contributed by atoms with van der Waals surface area (Å²) in [5.41, 5.74) is 1.47. The molecular weight excluding hydrogens is 302 g/mol. The highest BCUT2D eigenvalue weighted by Gasteiger charge is 2.29. The minimum Gasteiger partial charge on any atom is -0.380 e. The quantitative estimate of drug-likeness (QED) is 0.772. The van der Waals surface area contributed by atoms with Crippen molar-refractivity contribution in [2.24, 2.45) is 5.92 Å². The third-order valence-corrected chi connectivity index (χ3v) is 4.68. The third-order valence-electron chi connectivity index (χ3n) is 4.19. The Bertz CT molecular complexity index is 413. The van der Waals surface area contributed by atoms with Crippen LogP contribution in [0.2, 0.25) is 0 Å². The molecule has 0 radical (unpaired) electrons. The lowest BCUT2D eigenvalue weighted by atomic mass is 9.76. The van der Waals surface area contributed by atoms with Crippen LogP contribution in [0.15, 0.2) is 28.7 Å². The molecule has 3 rings (SSSR count). The lowest BCUT2D eigenvalue weighted by Gasteiger charge is -2.36. The predicted molar refractivity (Wildman–Crippen MR) is 81.5 cm³/mol. The zero-order valence-electron chi connectivity index (χ0n) is 11.3. The van der Waals surface area contributed by atoms with E-state index in [1.807, 2.05) is 0 Å². The molecule has 2 aliphatic carbocycles. The molecule has 0 spiro atoms. The maximum absolute atomic E-state index is 5.64. The molecule has 1 N–H and O–H groups in total. The Morgan fingerprint density at radius 3 is 2.84 bits per heavy atom. The molecule has 2 aliphatic rings. The molecule has 2 saturated carbocycles. The normalized spacial score (nSPS) is 26.2. The standard InChI is InChI=1S/C16H22BrNO/c17-15-3-1-2-13(8-15)14-9-16(10-14)18-6-7-19-11-12-4-5-12/h1-3,8,12,14,16,18H,4-7,9-11H2. The van der Waals surface area contributed by atoms with E-state index in [-0.39, 0.29) is 0 Å². The summed E-state index contributed by atoms with van der Waals surface area (Å²) in [6.45, 7) is 2.85. The minimum atomic E-state index is 0.688. The SMILES string of the molecule is Brc1cccc(C2CC(NCCOCC3CC3)C2)c1. The number of benzene rings is 1. The number of halogens is 1. The van der Waals surface area contributed by atoms with Crippen molar-refractivity contribution >= 4 is 15.9 Å². The molecule has 0 heterocycles. The summed E-state index contributed by atoms with van der Waals surface area (Å²) < 4.78 is 6.82. The first kappa shape index (κ1) is 13.6. The summed E-state index contributed by atoms with van der Waals surface area (Å²) in [4.78, 5) is 0. The Hall–Kier alpha value is -0.380. The van der Waals surface area contributed by atoms with Crippen LogP contribution in [0.1, 0.15) is 37.2 Å². The lowest BCUT2D eigenvalue weighted by molar-refractivity contribution is 0.120. The summed E-state index contributed by atoms with van der Waals surface area (Å²) in [6.07, 6.45) is 5.28. The van der Waals surface area contributed by atoms with Crippen LogP contribution in [0.25, 0.3) is 0 Å². The van der Waals surface area contributed by atoms with Crippen molar-refractivity contribution < 1.29 is 4.74 Å². The van der Waals surface area contributed by atoms with Gasteiger partial charge in [0.1, 0.15) is 0 Å². The lowest BCUT2D eigenvalue weighted by Crippen LogP contribution is -2.41. The van der Waals surface area contributed by atoms with E-state index in [1.165, 1.54) is 35.7 Å².